The monoisotopic (exact) mass is 364 g/mol. The van der Waals surface area contributed by atoms with Crippen molar-refractivity contribution in [2.45, 2.75) is 63.8 Å². The number of unbranched alkanes of at least 4 members (excludes halogenated alkanes) is 1. The molecule has 2 atom stereocenters. The van der Waals surface area contributed by atoms with E-state index >= 15 is 0 Å². The van der Waals surface area contributed by atoms with Gasteiger partial charge < -0.3 is 19.7 Å². The third kappa shape index (κ3) is 3.48. The number of likely N-dealkylation sites (tertiary alicyclic amines) is 1. The largest absolute Gasteiger partial charge is 0.483 e. The van der Waals surface area contributed by atoms with E-state index in [4.69, 9.17) is 14.6 Å². The molecule has 3 aliphatic rings. The zero-order valence-electron chi connectivity index (χ0n) is 15.3. The van der Waals surface area contributed by atoms with Crippen molar-refractivity contribution in [2.75, 3.05) is 19.7 Å². The van der Waals surface area contributed by atoms with Crippen molar-refractivity contribution in [3.8, 4) is 0 Å². The summed E-state index contributed by atoms with van der Waals surface area (Å²) in [6.07, 6.45) is 7.80. The Morgan fingerprint density at radius 3 is 3.08 bits per heavy atom. The molecule has 144 valence electrons. The number of nitrogens with zero attached hydrogens (tertiary/aromatic N) is 3. The Morgan fingerprint density at radius 2 is 2.31 bits per heavy atom. The first-order valence-corrected chi connectivity index (χ1v) is 9.43. The lowest BCUT2D eigenvalue weighted by Crippen LogP contribution is -2.56. The van der Waals surface area contributed by atoms with Gasteiger partial charge in [-0.25, -0.2) is 4.98 Å². The molecule has 3 aliphatic heterocycles. The number of ether oxygens (including phenoxy) is 1. The molecule has 0 saturated carbocycles. The smallest absolute Gasteiger partial charge is 0.290 e. The van der Waals surface area contributed by atoms with Crippen LogP contribution in [-0.4, -0.2) is 68.7 Å². The highest BCUT2D eigenvalue weighted by atomic mass is 16.5. The fraction of sp³-hybridized carbons (Fsp3) is 0.722. The van der Waals surface area contributed by atoms with Crippen molar-refractivity contribution in [3.63, 3.8) is 0 Å². The summed E-state index contributed by atoms with van der Waals surface area (Å²) in [5, 5.41) is 6.89. The standard InChI is InChI=1S/C17H26N4O2.CH2O2/c1-2-3-5-15-18-11-13(19-15)12-20-8-6-17-14(20)10-16(22)21(17)7-4-9-23-17;2-1-3/h11,14H,2-10,12H2,1H3,(H,18,19);1H,(H,2,3)/t14-,17+;/m1./s1. The molecule has 4 heterocycles. The number of carbonyl (C=O) groups is 2. The minimum atomic E-state index is -0.347. The number of carboxylic acid groups (broad SMARTS) is 1. The topological polar surface area (TPSA) is 98.8 Å². The van der Waals surface area contributed by atoms with Gasteiger partial charge in [-0.3, -0.25) is 14.5 Å². The number of nitrogens with one attached hydrogen (secondary N) is 1. The Morgan fingerprint density at radius 1 is 1.50 bits per heavy atom. The molecular weight excluding hydrogens is 336 g/mol. The van der Waals surface area contributed by atoms with Gasteiger partial charge in [-0.05, 0) is 12.8 Å². The van der Waals surface area contributed by atoms with Crippen LogP contribution in [0.5, 0.6) is 0 Å². The normalized spacial score (nSPS) is 27.7. The van der Waals surface area contributed by atoms with Crippen molar-refractivity contribution in [1.29, 1.82) is 0 Å². The van der Waals surface area contributed by atoms with E-state index in [2.05, 4.69) is 21.8 Å². The van der Waals surface area contributed by atoms with Crippen LogP contribution in [0.4, 0.5) is 0 Å². The molecule has 0 radical (unpaired) electrons. The highest BCUT2D eigenvalue weighted by Gasteiger charge is 2.60. The van der Waals surface area contributed by atoms with Crippen LogP contribution >= 0.6 is 0 Å². The van der Waals surface area contributed by atoms with Crippen LogP contribution in [0.25, 0.3) is 0 Å². The zero-order valence-corrected chi connectivity index (χ0v) is 15.3. The summed E-state index contributed by atoms with van der Waals surface area (Å²) in [5.74, 6) is 1.33. The molecule has 26 heavy (non-hydrogen) atoms. The lowest BCUT2D eigenvalue weighted by molar-refractivity contribution is -0.180. The van der Waals surface area contributed by atoms with Crippen molar-refractivity contribution in [1.82, 2.24) is 19.8 Å². The van der Waals surface area contributed by atoms with Crippen LogP contribution in [0.3, 0.4) is 0 Å². The summed E-state index contributed by atoms with van der Waals surface area (Å²) < 4.78 is 6.15. The lowest BCUT2D eigenvalue weighted by Gasteiger charge is -2.42. The first kappa shape index (κ1) is 18.8. The maximum Gasteiger partial charge on any atom is 0.290 e. The van der Waals surface area contributed by atoms with Crippen LogP contribution in [0.1, 0.15) is 50.5 Å². The van der Waals surface area contributed by atoms with E-state index in [-0.39, 0.29) is 24.1 Å². The van der Waals surface area contributed by atoms with Crippen LogP contribution in [0, 0.1) is 0 Å². The maximum atomic E-state index is 12.3. The first-order valence-electron chi connectivity index (χ1n) is 9.43. The van der Waals surface area contributed by atoms with Crippen LogP contribution < -0.4 is 0 Å². The van der Waals surface area contributed by atoms with Crippen molar-refractivity contribution >= 4 is 12.4 Å². The number of aromatic amines is 1. The van der Waals surface area contributed by atoms with Gasteiger partial charge in [-0.1, -0.05) is 13.3 Å². The minimum absolute atomic E-state index is 0.192. The van der Waals surface area contributed by atoms with Gasteiger partial charge in [0.15, 0.2) is 5.72 Å². The molecule has 0 aromatic carbocycles. The predicted octanol–water partition coefficient (Wildman–Crippen LogP) is 1.38. The van der Waals surface area contributed by atoms with Crippen molar-refractivity contribution in [3.05, 3.63) is 17.7 Å². The summed E-state index contributed by atoms with van der Waals surface area (Å²) in [6, 6.07) is 0.192. The average Bonchev–Trinajstić information content (AvgIpc) is 3.29. The van der Waals surface area contributed by atoms with Crippen molar-refractivity contribution in [2.24, 2.45) is 0 Å². The summed E-state index contributed by atoms with van der Waals surface area (Å²) in [4.78, 5) is 33.0. The fourth-order valence-corrected chi connectivity index (χ4v) is 4.40. The molecule has 8 nitrogen and oxygen atoms in total. The van der Waals surface area contributed by atoms with E-state index in [1.165, 1.54) is 12.8 Å². The molecule has 3 fully saturated rings. The number of aryl methyl sites for hydroxylation is 1. The van der Waals surface area contributed by atoms with Gasteiger partial charge in [-0.2, -0.15) is 0 Å². The molecule has 0 unspecified atom stereocenters. The lowest BCUT2D eigenvalue weighted by atomic mass is 10.0. The van der Waals surface area contributed by atoms with Gasteiger partial charge in [-0.15, -0.1) is 0 Å². The summed E-state index contributed by atoms with van der Waals surface area (Å²) in [6.45, 7) is 5.39. The number of rotatable bonds is 5. The fourth-order valence-electron chi connectivity index (χ4n) is 4.40. The first-order chi connectivity index (χ1) is 12.6. The second kappa shape index (κ2) is 8.18. The molecule has 1 aromatic heterocycles. The molecule has 1 aromatic rings. The van der Waals surface area contributed by atoms with Gasteiger partial charge in [0.25, 0.3) is 6.47 Å². The maximum absolute atomic E-state index is 12.3. The summed E-state index contributed by atoms with van der Waals surface area (Å²) >= 11 is 0. The molecule has 1 spiro atoms. The SMILES string of the molecule is CCCCc1ncc(CN2CC[C@@]34OCCCN3C(=O)C[C@@H]24)[nH]1.O=CO. The predicted molar refractivity (Wildman–Crippen MR) is 94.3 cm³/mol. The zero-order chi connectivity index (χ0) is 18.6. The summed E-state index contributed by atoms with van der Waals surface area (Å²) in [7, 11) is 0. The summed E-state index contributed by atoms with van der Waals surface area (Å²) in [5.41, 5.74) is 0.801. The number of carbonyl (C=O) groups excluding carboxylic acids is 1. The molecule has 1 amide bonds. The van der Waals surface area contributed by atoms with E-state index in [0.29, 0.717) is 6.42 Å². The van der Waals surface area contributed by atoms with Gasteiger partial charge in [0.05, 0.1) is 12.6 Å². The number of H-pyrrole nitrogens is 1. The molecular formula is C18H28N4O4. The minimum Gasteiger partial charge on any atom is -0.483 e. The Balaban J connectivity index is 0.000000613. The van der Waals surface area contributed by atoms with Gasteiger partial charge >= 0.3 is 0 Å². The molecule has 8 heteroatoms. The third-order valence-electron chi connectivity index (χ3n) is 5.54. The Labute approximate surface area is 153 Å². The number of aromatic nitrogens is 2. The van der Waals surface area contributed by atoms with Crippen LogP contribution in [0.15, 0.2) is 6.20 Å². The van der Waals surface area contributed by atoms with E-state index in [1.54, 1.807) is 0 Å². The Bertz CT molecular complexity index is 634. The quantitative estimate of drug-likeness (QED) is 0.766. The molecule has 3 saturated heterocycles. The number of hydrogen-bond donors (Lipinski definition) is 2. The highest BCUT2D eigenvalue weighted by molar-refractivity contribution is 5.81. The van der Waals surface area contributed by atoms with Gasteiger partial charge in [0, 0.05) is 50.8 Å². The Hall–Kier alpha value is -1.93. The Kier molecular flexibility index (Phi) is 5.93. The number of imidazole rings is 1. The van der Waals surface area contributed by atoms with Crippen LogP contribution in [-0.2, 0) is 27.3 Å². The van der Waals surface area contributed by atoms with E-state index in [1.807, 2.05) is 11.1 Å². The van der Waals surface area contributed by atoms with E-state index in [9.17, 15) is 4.79 Å². The number of hydrogen-bond acceptors (Lipinski definition) is 5. The second-order valence-corrected chi connectivity index (χ2v) is 7.10. The number of amides is 1. The van der Waals surface area contributed by atoms with Crippen molar-refractivity contribution < 1.29 is 19.4 Å². The second-order valence-electron chi connectivity index (χ2n) is 7.10. The molecule has 4 rings (SSSR count). The van der Waals surface area contributed by atoms with E-state index < -0.39 is 0 Å². The third-order valence-corrected chi connectivity index (χ3v) is 5.54. The van der Waals surface area contributed by atoms with Crippen LogP contribution in [0.2, 0.25) is 0 Å². The molecule has 0 aliphatic carbocycles. The highest BCUT2D eigenvalue weighted by Crippen LogP contribution is 2.45. The molecule has 0 bridgehead atoms. The van der Waals surface area contributed by atoms with Gasteiger partial charge in [0.2, 0.25) is 5.91 Å². The van der Waals surface area contributed by atoms with E-state index in [0.717, 1.165) is 57.0 Å². The van der Waals surface area contributed by atoms with Gasteiger partial charge in [0.1, 0.15) is 5.82 Å². The molecule has 2 N–H and O–H groups in total. The average molecular weight is 364 g/mol.